The average molecular weight is 458 g/mol. The number of halogens is 3. The molecule has 3 nitrogen and oxygen atoms in total. The maximum absolute atomic E-state index is 12.8. The van der Waals surface area contributed by atoms with Gasteiger partial charge in [-0.05, 0) is 74.9 Å². The van der Waals surface area contributed by atoms with Crippen molar-refractivity contribution in [2.45, 2.75) is 37.1 Å². The number of ether oxygens (including phenoxy) is 1. The molecule has 0 saturated carbocycles. The van der Waals surface area contributed by atoms with Gasteiger partial charge in [-0.1, -0.05) is 12.1 Å². The minimum atomic E-state index is -4.38. The molecule has 3 aromatic carbocycles. The molecular formula is C25H22F3NO2S. The third-order valence-electron chi connectivity index (χ3n) is 5.10. The number of rotatable bonds is 6. The van der Waals surface area contributed by atoms with E-state index >= 15 is 0 Å². The lowest BCUT2D eigenvalue weighted by molar-refractivity contribution is -0.137. The van der Waals surface area contributed by atoms with Crippen molar-refractivity contribution in [1.29, 1.82) is 0 Å². The molecule has 166 valence electrons. The summed E-state index contributed by atoms with van der Waals surface area (Å²) in [7, 11) is 0. The molecule has 0 amide bonds. The van der Waals surface area contributed by atoms with E-state index in [1.165, 1.54) is 12.1 Å². The van der Waals surface area contributed by atoms with Crippen molar-refractivity contribution >= 4 is 22.9 Å². The van der Waals surface area contributed by atoms with E-state index in [4.69, 9.17) is 9.15 Å². The first-order chi connectivity index (χ1) is 15.3. The number of thioether (sulfide) groups is 1. The van der Waals surface area contributed by atoms with Gasteiger partial charge in [0.05, 0.1) is 12.2 Å². The largest absolute Gasteiger partial charge is 0.494 e. The zero-order valence-corrected chi connectivity index (χ0v) is 18.7. The van der Waals surface area contributed by atoms with Crippen molar-refractivity contribution < 1.29 is 22.3 Å². The molecule has 32 heavy (non-hydrogen) atoms. The molecule has 0 aliphatic rings. The van der Waals surface area contributed by atoms with Crippen molar-refractivity contribution in [2.24, 2.45) is 0 Å². The predicted molar refractivity (Wildman–Crippen MR) is 121 cm³/mol. The van der Waals surface area contributed by atoms with Gasteiger partial charge in [0.1, 0.15) is 11.3 Å². The van der Waals surface area contributed by atoms with E-state index in [2.05, 4.69) is 18.0 Å². The molecule has 0 radical (unpaired) electrons. The van der Waals surface area contributed by atoms with E-state index in [-0.39, 0.29) is 5.25 Å². The van der Waals surface area contributed by atoms with Gasteiger partial charge in [-0.3, -0.25) is 0 Å². The molecule has 0 saturated heterocycles. The highest BCUT2D eigenvalue weighted by atomic mass is 32.2. The molecule has 7 heteroatoms. The topological polar surface area (TPSA) is 35.3 Å². The van der Waals surface area contributed by atoms with E-state index in [1.807, 2.05) is 44.2 Å². The van der Waals surface area contributed by atoms with Gasteiger partial charge in [0.25, 0.3) is 0 Å². The number of nitrogens with zero attached hydrogens (tertiary/aromatic N) is 1. The van der Waals surface area contributed by atoms with Gasteiger partial charge in [-0.25, -0.2) is 4.98 Å². The maximum Gasteiger partial charge on any atom is 0.416 e. The van der Waals surface area contributed by atoms with Crippen LogP contribution in [0.5, 0.6) is 5.75 Å². The van der Waals surface area contributed by atoms with E-state index < -0.39 is 11.7 Å². The first-order valence-electron chi connectivity index (χ1n) is 10.2. The highest BCUT2D eigenvalue weighted by molar-refractivity contribution is 7.99. The molecule has 0 bridgehead atoms. The lowest BCUT2D eigenvalue weighted by Gasteiger charge is -2.14. The summed E-state index contributed by atoms with van der Waals surface area (Å²) in [6, 6.07) is 16.7. The van der Waals surface area contributed by atoms with Crippen molar-refractivity contribution in [1.82, 2.24) is 4.98 Å². The van der Waals surface area contributed by atoms with E-state index in [0.717, 1.165) is 33.9 Å². The summed E-state index contributed by atoms with van der Waals surface area (Å²) in [6.07, 6.45) is -4.38. The fourth-order valence-corrected chi connectivity index (χ4v) is 4.61. The second-order valence-corrected chi connectivity index (χ2v) is 8.82. The molecule has 4 rings (SSSR count). The molecule has 1 unspecified atom stereocenters. The van der Waals surface area contributed by atoms with Gasteiger partial charge in [0.15, 0.2) is 5.58 Å². The first-order valence-corrected chi connectivity index (χ1v) is 11.1. The van der Waals surface area contributed by atoms with Gasteiger partial charge in [-0.2, -0.15) is 13.2 Å². The lowest BCUT2D eigenvalue weighted by atomic mass is 10.1. The Labute approximate surface area is 188 Å². The van der Waals surface area contributed by atoms with Gasteiger partial charge in [0.2, 0.25) is 5.89 Å². The molecule has 0 N–H and O–H groups in total. The first kappa shape index (κ1) is 22.3. The second-order valence-electron chi connectivity index (χ2n) is 7.41. The van der Waals surface area contributed by atoms with Crippen LogP contribution in [0.4, 0.5) is 13.2 Å². The van der Waals surface area contributed by atoms with Crippen molar-refractivity contribution in [3.05, 3.63) is 77.4 Å². The molecule has 0 fully saturated rings. The van der Waals surface area contributed by atoms with Crippen LogP contribution in [0.3, 0.4) is 0 Å². The Bertz CT molecular complexity index is 1230. The van der Waals surface area contributed by atoms with Gasteiger partial charge in [-0.15, -0.1) is 11.8 Å². The van der Waals surface area contributed by atoms with E-state index in [9.17, 15) is 13.2 Å². The number of benzene rings is 3. The third kappa shape index (κ3) is 4.63. The molecule has 4 aromatic rings. The predicted octanol–water partition coefficient (Wildman–Crippen LogP) is 8.07. The Hall–Kier alpha value is -2.93. The fourth-order valence-electron chi connectivity index (χ4n) is 3.50. The third-order valence-corrected chi connectivity index (χ3v) is 6.24. The number of fused-ring (bicyclic) bond motifs is 1. The van der Waals surface area contributed by atoms with Crippen molar-refractivity contribution in [3.63, 3.8) is 0 Å². The van der Waals surface area contributed by atoms with E-state index in [1.54, 1.807) is 11.8 Å². The quantitative estimate of drug-likeness (QED) is 0.274. The summed E-state index contributed by atoms with van der Waals surface area (Å²) in [5.41, 5.74) is 3.17. The second kappa shape index (κ2) is 8.90. The minimum Gasteiger partial charge on any atom is -0.494 e. The van der Waals surface area contributed by atoms with Crippen LogP contribution in [-0.2, 0) is 6.18 Å². The molecule has 1 aromatic heterocycles. The molecule has 0 aliphatic carbocycles. The van der Waals surface area contributed by atoms with Crippen molar-refractivity contribution in [2.75, 3.05) is 6.61 Å². The molecule has 0 aliphatic heterocycles. The molecule has 1 heterocycles. The summed E-state index contributed by atoms with van der Waals surface area (Å²) in [6.45, 7) is 6.69. The SMILES string of the molecule is CCOc1ccc(SC(C)c2cccc3nc(-c4ccc(C(F)(F)F)cc4)oc23)cc1C. The number of oxazole rings is 1. The van der Waals surface area contributed by atoms with Gasteiger partial charge >= 0.3 is 6.18 Å². The van der Waals surface area contributed by atoms with Crippen LogP contribution in [0.2, 0.25) is 0 Å². The summed E-state index contributed by atoms with van der Waals surface area (Å²) in [4.78, 5) is 5.61. The lowest BCUT2D eigenvalue weighted by Crippen LogP contribution is -2.03. The Balaban J connectivity index is 1.61. The molecule has 0 spiro atoms. The van der Waals surface area contributed by atoms with Crippen LogP contribution in [0, 0.1) is 6.92 Å². The minimum absolute atomic E-state index is 0.0736. The zero-order valence-electron chi connectivity index (χ0n) is 17.9. The van der Waals surface area contributed by atoms with Crippen molar-refractivity contribution in [3.8, 4) is 17.2 Å². The number of alkyl halides is 3. The monoisotopic (exact) mass is 457 g/mol. The summed E-state index contributed by atoms with van der Waals surface area (Å²) < 4.78 is 50.2. The Kier molecular flexibility index (Phi) is 6.20. The maximum atomic E-state index is 12.8. The number of aromatic nitrogens is 1. The zero-order chi connectivity index (χ0) is 22.9. The fraction of sp³-hybridized carbons (Fsp3) is 0.240. The smallest absolute Gasteiger partial charge is 0.416 e. The van der Waals surface area contributed by atoms with E-state index in [0.29, 0.717) is 29.2 Å². The van der Waals surface area contributed by atoms with Crippen LogP contribution in [0.15, 0.2) is 70.0 Å². The molecular weight excluding hydrogens is 435 g/mol. The van der Waals surface area contributed by atoms with Crippen LogP contribution < -0.4 is 4.74 Å². The Morgan fingerprint density at radius 3 is 2.47 bits per heavy atom. The average Bonchev–Trinajstić information content (AvgIpc) is 3.19. The summed E-state index contributed by atoms with van der Waals surface area (Å²) in [5, 5.41) is 0.0736. The standard InChI is InChI=1S/C25H22F3NO2S/c1-4-30-22-13-12-19(14-15(22)2)32-16(3)20-6-5-7-21-23(20)31-24(29-21)17-8-10-18(11-9-17)25(26,27)28/h5-14,16H,4H2,1-3H3. The van der Waals surface area contributed by atoms with Crippen LogP contribution in [0.1, 0.15) is 35.8 Å². The highest BCUT2D eigenvalue weighted by Crippen LogP contribution is 2.40. The summed E-state index contributed by atoms with van der Waals surface area (Å²) in [5.74, 6) is 1.18. The Morgan fingerprint density at radius 1 is 1.06 bits per heavy atom. The Morgan fingerprint density at radius 2 is 1.81 bits per heavy atom. The highest BCUT2D eigenvalue weighted by Gasteiger charge is 2.30. The van der Waals surface area contributed by atoms with Crippen LogP contribution >= 0.6 is 11.8 Å². The number of para-hydroxylation sites is 1. The van der Waals surface area contributed by atoms with Crippen LogP contribution in [-0.4, -0.2) is 11.6 Å². The van der Waals surface area contributed by atoms with Gasteiger partial charge < -0.3 is 9.15 Å². The summed E-state index contributed by atoms with van der Waals surface area (Å²) >= 11 is 1.69. The number of hydrogen-bond acceptors (Lipinski definition) is 4. The number of hydrogen-bond donors (Lipinski definition) is 0. The number of aryl methyl sites for hydroxylation is 1. The normalized spacial score (nSPS) is 12.8. The van der Waals surface area contributed by atoms with Crippen LogP contribution in [0.25, 0.3) is 22.6 Å². The molecule has 1 atom stereocenters. The van der Waals surface area contributed by atoms with Gasteiger partial charge in [0, 0.05) is 21.3 Å².